The fraction of sp³-hybridized carbons (Fsp3) is 0.292. The normalized spacial score (nSPS) is 14.4. The molecule has 9 heteroatoms. The zero-order chi connectivity index (χ0) is 23.3. The average Bonchev–Trinajstić information content (AvgIpc) is 3.52. The van der Waals surface area contributed by atoms with Gasteiger partial charge in [0.1, 0.15) is 5.69 Å². The second kappa shape index (κ2) is 8.12. The minimum atomic E-state index is -0.226. The molecule has 5 rings (SSSR count). The number of aromatic nitrogens is 5. The molecule has 1 saturated carbocycles. The van der Waals surface area contributed by atoms with Gasteiger partial charge in [-0.05, 0) is 62.0 Å². The maximum Gasteiger partial charge on any atom is 0.259 e. The first-order chi connectivity index (χ1) is 15.9. The summed E-state index contributed by atoms with van der Waals surface area (Å²) >= 11 is 6.09. The Kier molecular flexibility index (Phi) is 5.25. The lowest BCUT2D eigenvalue weighted by Gasteiger charge is -2.22. The van der Waals surface area contributed by atoms with Crippen molar-refractivity contribution in [2.45, 2.75) is 38.8 Å². The molecule has 8 nitrogen and oxygen atoms in total. The highest BCUT2D eigenvalue weighted by Gasteiger charge is 2.30. The summed E-state index contributed by atoms with van der Waals surface area (Å²) in [5.74, 6) is 0.494. The molecule has 0 spiro atoms. The Morgan fingerprint density at radius 1 is 1.30 bits per heavy atom. The second-order valence-electron chi connectivity index (χ2n) is 8.45. The molecule has 1 fully saturated rings. The van der Waals surface area contributed by atoms with E-state index in [-0.39, 0.29) is 22.9 Å². The van der Waals surface area contributed by atoms with E-state index in [0.29, 0.717) is 22.6 Å². The van der Waals surface area contributed by atoms with Crippen LogP contribution in [0, 0.1) is 6.92 Å². The first kappa shape index (κ1) is 21.3. The Morgan fingerprint density at radius 2 is 2.09 bits per heavy atom. The third-order valence-corrected chi connectivity index (χ3v) is 6.19. The molecule has 0 aliphatic heterocycles. The topological polar surface area (TPSA) is 90.0 Å². The molecule has 1 unspecified atom stereocenters. The van der Waals surface area contributed by atoms with E-state index in [1.807, 2.05) is 49.9 Å². The van der Waals surface area contributed by atoms with Crippen molar-refractivity contribution >= 4 is 40.6 Å². The molecule has 0 saturated heterocycles. The van der Waals surface area contributed by atoms with E-state index in [1.165, 1.54) is 0 Å². The average molecular weight is 462 g/mol. The highest BCUT2D eigenvalue weighted by molar-refractivity contribution is 6.28. The van der Waals surface area contributed by atoms with E-state index in [2.05, 4.69) is 38.2 Å². The number of nitrogens with zero attached hydrogens (tertiary/aromatic N) is 6. The summed E-state index contributed by atoms with van der Waals surface area (Å²) in [5.41, 5.74) is 3.90. The third-order valence-electron chi connectivity index (χ3n) is 6.02. The SMILES string of the molecule is C=Nc1c(C)nc(Cl)nc1NC(C)c1cc2cccc(-c3cnn(C)c3)c2c(=O)n1C1CC1. The fourth-order valence-corrected chi connectivity index (χ4v) is 4.55. The highest BCUT2D eigenvalue weighted by atomic mass is 35.5. The number of fused-ring (bicyclic) bond motifs is 1. The van der Waals surface area contributed by atoms with Gasteiger partial charge in [0.25, 0.3) is 5.56 Å². The van der Waals surface area contributed by atoms with Crippen LogP contribution in [0.4, 0.5) is 11.5 Å². The molecule has 3 heterocycles. The maximum atomic E-state index is 13.9. The number of pyridine rings is 1. The Bertz CT molecular complexity index is 1450. The molecular formula is C24H24ClN7O. The smallest absolute Gasteiger partial charge is 0.259 e. The molecular weight excluding hydrogens is 438 g/mol. The molecule has 4 aromatic rings. The van der Waals surface area contributed by atoms with Crippen molar-refractivity contribution in [2.75, 3.05) is 5.32 Å². The van der Waals surface area contributed by atoms with Crippen molar-refractivity contribution in [1.82, 2.24) is 24.3 Å². The van der Waals surface area contributed by atoms with Crippen LogP contribution in [0.25, 0.3) is 21.9 Å². The Labute approximate surface area is 196 Å². The summed E-state index contributed by atoms with van der Waals surface area (Å²) in [6, 6.07) is 7.98. The fourth-order valence-electron chi connectivity index (χ4n) is 4.34. The first-order valence-corrected chi connectivity index (χ1v) is 11.2. The maximum absolute atomic E-state index is 13.9. The van der Waals surface area contributed by atoms with E-state index in [4.69, 9.17) is 11.6 Å². The lowest BCUT2D eigenvalue weighted by atomic mass is 10.00. The first-order valence-electron chi connectivity index (χ1n) is 10.8. The Balaban J connectivity index is 1.66. The van der Waals surface area contributed by atoms with Crippen LogP contribution < -0.4 is 10.9 Å². The van der Waals surface area contributed by atoms with Crippen molar-refractivity contribution in [3.63, 3.8) is 0 Å². The number of aryl methyl sites for hydroxylation is 2. The van der Waals surface area contributed by atoms with Crippen LogP contribution in [0.5, 0.6) is 0 Å². The summed E-state index contributed by atoms with van der Waals surface area (Å²) in [6.45, 7) is 7.45. The molecule has 168 valence electrons. The van der Waals surface area contributed by atoms with Gasteiger partial charge >= 0.3 is 0 Å². The van der Waals surface area contributed by atoms with E-state index in [1.54, 1.807) is 10.9 Å². The minimum absolute atomic E-state index is 0.0112. The number of anilines is 1. The summed E-state index contributed by atoms with van der Waals surface area (Å²) in [4.78, 5) is 26.4. The Hall–Kier alpha value is -3.52. The molecule has 0 radical (unpaired) electrons. The minimum Gasteiger partial charge on any atom is -0.360 e. The number of halogens is 1. The van der Waals surface area contributed by atoms with Crippen LogP contribution in [-0.2, 0) is 7.05 Å². The molecule has 33 heavy (non-hydrogen) atoms. The van der Waals surface area contributed by atoms with Gasteiger partial charge in [0, 0.05) is 30.5 Å². The molecule has 1 atom stereocenters. The standard InChI is InChI=1S/C24H24ClN7O/c1-13(28-22-21(26-3)14(2)29-24(25)30-22)19-10-15-6-5-7-18(16-11-27-31(4)12-16)20(15)23(33)32(19)17-8-9-17/h5-7,10-13,17H,3,8-9H2,1-2,4H3,(H,28,29,30). The van der Waals surface area contributed by atoms with Gasteiger partial charge in [-0.3, -0.25) is 14.5 Å². The Morgan fingerprint density at radius 3 is 2.76 bits per heavy atom. The summed E-state index contributed by atoms with van der Waals surface area (Å²) in [6.07, 6.45) is 5.69. The van der Waals surface area contributed by atoms with Gasteiger partial charge < -0.3 is 9.88 Å². The van der Waals surface area contributed by atoms with Gasteiger partial charge in [-0.15, -0.1) is 0 Å². The molecule has 1 aliphatic carbocycles. The molecule has 0 bridgehead atoms. The molecule has 3 aromatic heterocycles. The monoisotopic (exact) mass is 461 g/mol. The van der Waals surface area contributed by atoms with Crippen molar-refractivity contribution in [3.05, 3.63) is 63.7 Å². The number of nitrogens with one attached hydrogen (secondary N) is 1. The largest absolute Gasteiger partial charge is 0.360 e. The molecule has 0 amide bonds. The van der Waals surface area contributed by atoms with E-state index in [0.717, 1.165) is 35.0 Å². The summed E-state index contributed by atoms with van der Waals surface area (Å²) in [5, 5.41) is 9.40. The van der Waals surface area contributed by atoms with Crippen LogP contribution in [0.3, 0.4) is 0 Å². The lowest BCUT2D eigenvalue weighted by molar-refractivity contribution is 0.636. The van der Waals surface area contributed by atoms with Crippen LogP contribution in [0.1, 0.15) is 43.2 Å². The van der Waals surface area contributed by atoms with Crippen molar-refractivity contribution in [2.24, 2.45) is 12.0 Å². The quantitative estimate of drug-likeness (QED) is 0.322. The van der Waals surface area contributed by atoms with Crippen molar-refractivity contribution < 1.29 is 0 Å². The zero-order valence-electron chi connectivity index (χ0n) is 18.7. The number of rotatable bonds is 6. The summed E-state index contributed by atoms with van der Waals surface area (Å²) in [7, 11) is 1.87. The third kappa shape index (κ3) is 3.80. The van der Waals surface area contributed by atoms with Gasteiger partial charge in [0.2, 0.25) is 5.28 Å². The highest BCUT2D eigenvalue weighted by Crippen LogP contribution is 2.39. The van der Waals surface area contributed by atoms with E-state index in [9.17, 15) is 4.79 Å². The second-order valence-corrected chi connectivity index (χ2v) is 8.79. The van der Waals surface area contributed by atoms with Gasteiger partial charge in [-0.2, -0.15) is 10.1 Å². The van der Waals surface area contributed by atoms with E-state index < -0.39 is 0 Å². The molecule has 1 aliphatic rings. The van der Waals surface area contributed by atoms with Crippen molar-refractivity contribution in [3.8, 4) is 11.1 Å². The van der Waals surface area contributed by atoms with Gasteiger partial charge in [-0.25, -0.2) is 4.98 Å². The van der Waals surface area contributed by atoms with Crippen LogP contribution in [0.2, 0.25) is 5.28 Å². The molecule has 1 N–H and O–H groups in total. The number of hydrogen-bond donors (Lipinski definition) is 1. The predicted molar refractivity (Wildman–Crippen MR) is 132 cm³/mol. The van der Waals surface area contributed by atoms with Crippen LogP contribution >= 0.6 is 11.6 Å². The summed E-state index contributed by atoms with van der Waals surface area (Å²) < 4.78 is 3.67. The van der Waals surface area contributed by atoms with Crippen LogP contribution in [0.15, 0.2) is 46.4 Å². The lowest BCUT2D eigenvalue weighted by Crippen LogP contribution is -2.26. The van der Waals surface area contributed by atoms with Gasteiger partial charge in [0.05, 0.1) is 23.3 Å². The van der Waals surface area contributed by atoms with E-state index >= 15 is 0 Å². The predicted octanol–water partition coefficient (Wildman–Crippen LogP) is 4.99. The number of benzene rings is 1. The zero-order valence-corrected chi connectivity index (χ0v) is 19.5. The van der Waals surface area contributed by atoms with Gasteiger partial charge in [-0.1, -0.05) is 18.2 Å². The number of hydrogen-bond acceptors (Lipinski definition) is 6. The van der Waals surface area contributed by atoms with Crippen LogP contribution in [-0.4, -0.2) is 31.0 Å². The molecule has 1 aromatic carbocycles. The van der Waals surface area contributed by atoms with Gasteiger partial charge in [0.15, 0.2) is 5.82 Å². The van der Waals surface area contributed by atoms with Crippen molar-refractivity contribution in [1.29, 1.82) is 0 Å². The number of aliphatic imine (C=N–C) groups is 1.